The average Bonchev–Trinajstić information content (AvgIpc) is 2.49. The van der Waals surface area contributed by atoms with Crippen molar-refractivity contribution in [1.82, 2.24) is 10.3 Å². The standard InChI is InChI=1S/C15H15F2N3O/c1-18-14-13(17)12(7-9-19-14)15(21)20-8-6-10-2-4-11(16)5-3-10/h2-5,7,9H,6,8H2,1H3,(H,18,19)(H,20,21). The number of aromatic nitrogens is 1. The zero-order valence-corrected chi connectivity index (χ0v) is 11.5. The fraction of sp³-hybridized carbons (Fsp3) is 0.200. The molecule has 2 N–H and O–H groups in total. The summed E-state index contributed by atoms with van der Waals surface area (Å²) in [6, 6.07) is 7.34. The summed E-state index contributed by atoms with van der Waals surface area (Å²) in [5.41, 5.74) is 0.830. The van der Waals surface area contributed by atoms with Crippen LogP contribution in [0.4, 0.5) is 14.6 Å². The molecule has 0 spiro atoms. The van der Waals surface area contributed by atoms with Crippen LogP contribution in [-0.4, -0.2) is 24.5 Å². The van der Waals surface area contributed by atoms with Crippen molar-refractivity contribution in [3.8, 4) is 0 Å². The van der Waals surface area contributed by atoms with E-state index in [1.165, 1.54) is 31.4 Å². The summed E-state index contributed by atoms with van der Waals surface area (Å²) in [4.78, 5) is 15.7. The summed E-state index contributed by atoms with van der Waals surface area (Å²) in [5.74, 6) is -1.46. The maximum absolute atomic E-state index is 13.9. The number of amides is 1. The van der Waals surface area contributed by atoms with Crippen molar-refractivity contribution in [2.45, 2.75) is 6.42 Å². The molecule has 4 nitrogen and oxygen atoms in total. The van der Waals surface area contributed by atoms with Gasteiger partial charge in [-0.25, -0.2) is 13.8 Å². The molecule has 1 amide bonds. The fourth-order valence-electron chi connectivity index (χ4n) is 1.86. The summed E-state index contributed by atoms with van der Waals surface area (Å²) < 4.78 is 26.6. The second-order valence-corrected chi connectivity index (χ2v) is 4.40. The van der Waals surface area contributed by atoms with E-state index in [9.17, 15) is 13.6 Å². The van der Waals surface area contributed by atoms with Crippen molar-refractivity contribution in [3.63, 3.8) is 0 Å². The number of rotatable bonds is 5. The first-order valence-electron chi connectivity index (χ1n) is 6.46. The molecule has 6 heteroatoms. The number of nitrogens with zero attached hydrogens (tertiary/aromatic N) is 1. The summed E-state index contributed by atoms with van der Waals surface area (Å²) in [5, 5.41) is 5.20. The molecule has 21 heavy (non-hydrogen) atoms. The van der Waals surface area contributed by atoms with Crippen molar-refractivity contribution >= 4 is 11.7 Å². The van der Waals surface area contributed by atoms with E-state index >= 15 is 0 Å². The third-order valence-corrected chi connectivity index (χ3v) is 2.98. The van der Waals surface area contributed by atoms with Gasteiger partial charge in [0.2, 0.25) is 0 Å². The zero-order valence-electron chi connectivity index (χ0n) is 11.5. The molecule has 110 valence electrons. The van der Waals surface area contributed by atoms with Crippen LogP contribution in [0.25, 0.3) is 0 Å². The first-order valence-corrected chi connectivity index (χ1v) is 6.46. The third-order valence-electron chi connectivity index (χ3n) is 2.98. The SMILES string of the molecule is CNc1nccc(C(=O)NCCc2ccc(F)cc2)c1F. The largest absolute Gasteiger partial charge is 0.371 e. The van der Waals surface area contributed by atoms with E-state index in [1.807, 2.05) is 0 Å². The molecule has 2 rings (SSSR count). The molecule has 1 aromatic carbocycles. The molecule has 0 aliphatic rings. The van der Waals surface area contributed by atoms with Gasteiger partial charge in [0.1, 0.15) is 5.82 Å². The van der Waals surface area contributed by atoms with Crippen LogP contribution in [0.1, 0.15) is 15.9 Å². The summed E-state index contributed by atoms with van der Waals surface area (Å²) in [6.45, 7) is 0.334. The second kappa shape index (κ2) is 6.78. The molecule has 0 unspecified atom stereocenters. The van der Waals surface area contributed by atoms with Gasteiger partial charge in [0.25, 0.3) is 5.91 Å². The van der Waals surface area contributed by atoms with Gasteiger partial charge in [0, 0.05) is 19.8 Å². The van der Waals surface area contributed by atoms with E-state index in [1.54, 1.807) is 12.1 Å². The highest BCUT2D eigenvalue weighted by molar-refractivity contribution is 5.95. The minimum absolute atomic E-state index is 0.0289. The highest BCUT2D eigenvalue weighted by atomic mass is 19.1. The highest BCUT2D eigenvalue weighted by Crippen LogP contribution is 2.14. The van der Waals surface area contributed by atoms with Gasteiger partial charge in [-0.3, -0.25) is 4.79 Å². The Morgan fingerprint density at radius 3 is 2.57 bits per heavy atom. The molecule has 0 bridgehead atoms. The molecular weight excluding hydrogens is 276 g/mol. The molecule has 0 saturated heterocycles. The number of carbonyl (C=O) groups excluding carboxylic acids is 1. The lowest BCUT2D eigenvalue weighted by Crippen LogP contribution is -2.27. The Hall–Kier alpha value is -2.50. The van der Waals surface area contributed by atoms with Gasteiger partial charge in [0.05, 0.1) is 5.56 Å². The number of benzene rings is 1. The summed E-state index contributed by atoms with van der Waals surface area (Å²) in [6.07, 6.45) is 1.90. The number of hydrogen-bond acceptors (Lipinski definition) is 3. The van der Waals surface area contributed by atoms with E-state index in [0.717, 1.165) is 5.56 Å². The first-order chi connectivity index (χ1) is 10.1. The predicted molar refractivity (Wildman–Crippen MR) is 76.2 cm³/mol. The lowest BCUT2D eigenvalue weighted by atomic mass is 10.1. The Bertz CT molecular complexity index is 629. The number of halogens is 2. The Morgan fingerprint density at radius 1 is 1.19 bits per heavy atom. The quantitative estimate of drug-likeness (QED) is 0.889. The van der Waals surface area contributed by atoms with Crippen LogP contribution in [0.2, 0.25) is 0 Å². The molecule has 1 heterocycles. The Morgan fingerprint density at radius 2 is 1.90 bits per heavy atom. The zero-order chi connectivity index (χ0) is 15.2. The average molecular weight is 291 g/mol. The van der Waals surface area contributed by atoms with Crippen LogP contribution in [0.3, 0.4) is 0 Å². The molecule has 0 atom stereocenters. The van der Waals surface area contributed by atoms with Crippen molar-refractivity contribution in [2.75, 3.05) is 18.9 Å². The highest BCUT2D eigenvalue weighted by Gasteiger charge is 2.14. The van der Waals surface area contributed by atoms with Crippen LogP contribution in [0.15, 0.2) is 36.5 Å². The maximum atomic E-state index is 13.9. The van der Waals surface area contributed by atoms with Crippen LogP contribution >= 0.6 is 0 Å². The topological polar surface area (TPSA) is 54.0 Å². The van der Waals surface area contributed by atoms with Crippen molar-refractivity contribution in [3.05, 3.63) is 59.3 Å². The van der Waals surface area contributed by atoms with Crippen molar-refractivity contribution in [1.29, 1.82) is 0 Å². The first kappa shape index (κ1) is 14.9. The molecule has 2 aromatic rings. The van der Waals surface area contributed by atoms with E-state index in [0.29, 0.717) is 13.0 Å². The van der Waals surface area contributed by atoms with E-state index < -0.39 is 11.7 Å². The number of nitrogens with one attached hydrogen (secondary N) is 2. The molecule has 0 aliphatic carbocycles. The van der Waals surface area contributed by atoms with Crippen LogP contribution in [0.5, 0.6) is 0 Å². The molecule has 0 saturated carbocycles. The third kappa shape index (κ3) is 3.75. The Kier molecular flexibility index (Phi) is 4.81. The number of pyridine rings is 1. The van der Waals surface area contributed by atoms with Crippen LogP contribution in [0, 0.1) is 11.6 Å². The molecule has 0 aliphatic heterocycles. The van der Waals surface area contributed by atoms with Gasteiger partial charge in [-0.2, -0.15) is 0 Å². The lowest BCUT2D eigenvalue weighted by Gasteiger charge is -2.08. The number of anilines is 1. The molecular formula is C15H15F2N3O. The fourth-order valence-corrected chi connectivity index (χ4v) is 1.86. The van der Waals surface area contributed by atoms with Gasteiger partial charge in [-0.05, 0) is 30.2 Å². The van der Waals surface area contributed by atoms with Crippen LogP contribution in [-0.2, 0) is 6.42 Å². The van der Waals surface area contributed by atoms with E-state index in [4.69, 9.17) is 0 Å². The number of carbonyl (C=O) groups is 1. The van der Waals surface area contributed by atoms with Crippen molar-refractivity contribution < 1.29 is 13.6 Å². The lowest BCUT2D eigenvalue weighted by molar-refractivity contribution is 0.0950. The maximum Gasteiger partial charge on any atom is 0.254 e. The Labute approximate surface area is 121 Å². The monoisotopic (exact) mass is 291 g/mol. The van der Waals surface area contributed by atoms with E-state index in [-0.39, 0.29) is 17.2 Å². The minimum atomic E-state index is -0.681. The summed E-state index contributed by atoms with van der Waals surface area (Å²) >= 11 is 0. The van der Waals surface area contributed by atoms with Gasteiger partial charge < -0.3 is 10.6 Å². The number of hydrogen-bond donors (Lipinski definition) is 2. The van der Waals surface area contributed by atoms with E-state index in [2.05, 4.69) is 15.6 Å². The molecule has 0 fully saturated rings. The molecule has 0 radical (unpaired) electrons. The van der Waals surface area contributed by atoms with Gasteiger partial charge >= 0.3 is 0 Å². The van der Waals surface area contributed by atoms with Gasteiger partial charge in [-0.15, -0.1) is 0 Å². The predicted octanol–water partition coefficient (Wildman–Crippen LogP) is 2.37. The minimum Gasteiger partial charge on any atom is -0.371 e. The van der Waals surface area contributed by atoms with Gasteiger partial charge in [0.15, 0.2) is 11.6 Å². The second-order valence-electron chi connectivity index (χ2n) is 4.40. The summed E-state index contributed by atoms with van der Waals surface area (Å²) in [7, 11) is 1.53. The smallest absolute Gasteiger partial charge is 0.254 e. The van der Waals surface area contributed by atoms with Gasteiger partial charge in [-0.1, -0.05) is 12.1 Å². The normalized spacial score (nSPS) is 10.2. The Balaban J connectivity index is 1.94. The van der Waals surface area contributed by atoms with Crippen molar-refractivity contribution in [2.24, 2.45) is 0 Å². The van der Waals surface area contributed by atoms with Crippen LogP contribution < -0.4 is 10.6 Å². The molecule has 1 aromatic heterocycles.